The number of hydrogen-bond acceptors (Lipinski definition) is 7. The fourth-order valence-electron chi connectivity index (χ4n) is 4.60. The van der Waals surface area contributed by atoms with E-state index in [1.54, 1.807) is 18.3 Å². The van der Waals surface area contributed by atoms with Crippen LogP contribution in [0.15, 0.2) is 82.1 Å². The van der Waals surface area contributed by atoms with E-state index in [4.69, 9.17) is 9.15 Å². The largest absolute Gasteiger partial charge is 0.508 e. The van der Waals surface area contributed by atoms with Crippen LogP contribution in [-0.2, 0) is 4.79 Å². The van der Waals surface area contributed by atoms with Gasteiger partial charge >= 0.3 is 5.97 Å². The number of fused-ring (bicyclic) bond motifs is 4. The highest BCUT2D eigenvalue weighted by Crippen LogP contribution is 2.47. The molecule has 2 aromatic heterocycles. The van der Waals surface area contributed by atoms with E-state index >= 15 is 0 Å². The summed E-state index contributed by atoms with van der Waals surface area (Å²) in [6.45, 7) is 0. The zero-order valence-corrected chi connectivity index (χ0v) is 17.7. The van der Waals surface area contributed by atoms with Crippen molar-refractivity contribution >= 4 is 27.8 Å². The van der Waals surface area contributed by atoms with Gasteiger partial charge in [-0.25, -0.2) is 0 Å². The molecular formula is C27H17NO6. The maximum atomic E-state index is 13.1. The number of phenols is 2. The first-order valence-electron chi connectivity index (χ1n) is 10.7. The number of esters is 1. The van der Waals surface area contributed by atoms with Crippen molar-refractivity contribution in [2.75, 3.05) is 0 Å². The van der Waals surface area contributed by atoms with E-state index < -0.39 is 17.3 Å². The lowest BCUT2D eigenvalue weighted by Gasteiger charge is -2.26. The van der Waals surface area contributed by atoms with E-state index in [1.165, 1.54) is 24.3 Å². The lowest BCUT2D eigenvalue weighted by atomic mass is 9.84. The molecule has 0 spiro atoms. The number of nitrogens with zero attached hydrogens (tertiary/aromatic N) is 1. The number of benzene rings is 3. The Bertz CT molecular complexity index is 1660. The van der Waals surface area contributed by atoms with E-state index in [9.17, 15) is 19.8 Å². The average molecular weight is 451 g/mol. The predicted octanol–water partition coefficient (Wildman–Crippen LogP) is 4.86. The standard InChI is InChI=1S/C27H17NO6/c29-16-8-6-14(7-9-16)21-12-19(30)25-20(31)13-22-24(27(25)34-21)18(11-23(32)33-22)17-5-1-3-15-4-2-10-28-26(15)17/h1-10,12-13,18,29,31H,11H2/t18-/m0/s1. The Morgan fingerprint density at radius 2 is 1.74 bits per heavy atom. The van der Waals surface area contributed by atoms with Crippen molar-refractivity contribution in [3.63, 3.8) is 0 Å². The molecule has 34 heavy (non-hydrogen) atoms. The van der Waals surface area contributed by atoms with Crippen molar-refractivity contribution in [1.29, 1.82) is 0 Å². The highest BCUT2D eigenvalue weighted by atomic mass is 16.5. The number of ether oxygens (including phenoxy) is 1. The third-order valence-electron chi connectivity index (χ3n) is 6.12. The van der Waals surface area contributed by atoms with Gasteiger partial charge in [-0.15, -0.1) is 0 Å². The molecule has 5 aromatic rings. The quantitative estimate of drug-likeness (QED) is 0.291. The normalized spacial score (nSPS) is 15.3. The van der Waals surface area contributed by atoms with Gasteiger partial charge in [0.05, 0.1) is 11.9 Å². The summed E-state index contributed by atoms with van der Waals surface area (Å²) in [5.41, 5.74) is 2.32. The van der Waals surface area contributed by atoms with Crippen LogP contribution in [0.1, 0.15) is 23.5 Å². The molecule has 1 aliphatic heterocycles. The Balaban J connectivity index is 1.68. The summed E-state index contributed by atoms with van der Waals surface area (Å²) in [6.07, 6.45) is 1.71. The lowest BCUT2D eigenvalue weighted by molar-refractivity contribution is -0.135. The van der Waals surface area contributed by atoms with Crippen LogP contribution >= 0.6 is 0 Å². The number of phenolic OH excluding ortho intramolecular Hbond substituents is 2. The minimum absolute atomic E-state index is 0.0115. The fraction of sp³-hybridized carbons (Fsp3) is 0.0741. The summed E-state index contributed by atoms with van der Waals surface area (Å²) >= 11 is 0. The fourth-order valence-corrected chi connectivity index (χ4v) is 4.60. The van der Waals surface area contributed by atoms with Crippen LogP contribution in [0.5, 0.6) is 17.2 Å². The molecule has 0 saturated carbocycles. The molecule has 7 heteroatoms. The maximum Gasteiger partial charge on any atom is 0.312 e. The number of pyridine rings is 1. The SMILES string of the molecule is O=C1C[C@@H](c2cccc3cccnc23)c2c(cc(O)c3c(=O)cc(-c4ccc(O)cc4)oc23)O1. The Kier molecular flexibility index (Phi) is 4.38. The molecule has 0 saturated heterocycles. The first-order chi connectivity index (χ1) is 16.5. The molecule has 0 fully saturated rings. The molecule has 1 atom stereocenters. The van der Waals surface area contributed by atoms with E-state index in [1.807, 2.05) is 30.3 Å². The Hall–Kier alpha value is -4.65. The maximum absolute atomic E-state index is 13.1. The van der Waals surface area contributed by atoms with Crippen LogP contribution in [0.2, 0.25) is 0 Å². The van der Waals surface area contributed by atoms with Gasteiger partial charge in [0.2, 0.25) is 0 Å². The first kappa shape index (κ1) is 20.0. The van der Waals surface area contributed by atoms with Crippen molar-refractivity contribution in [1.82, 2.24) is 4.98 Å². The summed E-state index contributed by atoms with van der Waals surface area (Å²) in [6, 6.07) is 18.3. The molecule has 166 valence electrons. The number of aromatic hydroxyl groups is 2. The van der Waals surface area contributed by atoms with Gasteiger partial charge in [0.1, 0.15) is 34.0 Å². The first-order valence-corrected chi connectivity index (χ1v) is 10.7. The van der Waals surface area contributed by atoms with Gasteiger partial charge < -0.3 is 19.4 Å². The zero-order chi connectivity index (χ0) is 23.4. The molecule has 3 aromatic carbocycles. The highest BCUT2D eigenvalue weighted by molar-refractivity contribution is 5.94. The summed E-state index contributed by atoms with van der Waals surface area (Å²) in [5, 5.41) is 21.2. The summed E-state index contributed by atoms with van der Waals surface area (Å²) in [5.74, 6) is -0.804. The second kappa shape index (κ2) is 7.45. The summed E-state index contributed by atoms with van der Waals surface area (Å²) < 4.78 is 11.7. The van der Waals surface area contributed by atoms with Crippen molar-refractivity contribution in [3.8, 4) is 28.6 Å². The zero-order valence-electron chi connectivity index (χ0n) is 17.7. The van der Waals surface area contributed by atoms with Crippen LogP contribution in [0.25, 0.3) is 33.2 Å². The molecule has 6 rings (SSSR count). The lowest BCUT2D eigenvalue weighted by Crippen LogP contribution is -2.22. The topological polar surface area (TPSA) is 110 Å². The molecule has 0 aliphatic carbocycles. The monoisotopic (exact) mass is 451 g/mol. The summed E-state index contributed by atoms with van der Waals surface area (Å²) in [7, 11) is 0. The second-order valence-corrected chi connectivity index (χ2v) is 8.19. The van der Waals surface area contributed by atoms with Gasteiger partial charge in [0.15, 0.2) is 5.43 Å². The average Bonchev–Trinajstić information content (AvgIpc) is 2.83. The predicted molar refractivity (Wildman–Crippen MR) is 125 cm³/mol. The molecule has 7 nitrogen and oxygen atoms in total. The smallest absolute Gasteiger partial charge is 0.312 e. The van der Waals surface area contributed by atoms with E-state index in [0.717, 1.165) is 16.5 Å². The van der Waals surface area contributed by atoms with E-state index in [-0.39, 0.29) is 40.4 Å². The van der Waals surface area contributed by atoms with E-state index in [2.05, 4.69) is 4.98 Å². The molecule has 0 bridgehead atoms. The molecule has 0 unspecified atom stereocenters. The van der Waals surface area contributed by atoms with Crippen LogP contribution in [0.4, 0.5) is 0 Å². The number of para-hydroxylation sites is 1. The third kappa shape index (κ3) is 3.09. The summed E-state index contributed by atoms with van der Waals surface area (Å²) in [4.78, 5) is 30.1. The molecule has 2 N–H and O–H groups in total. The molecule has 1 aliphatic rings. The van der Waals surface area contributed by atoms with Crippen molar-refractivity contribution in [3.05, 3.63) is 94.3 Å². The van der Waals surface area contributed by atoms with Crippen LogP contribution in [0.3, 0.4) is 0 Å². The van der Waals surface area contributed by atoms with Crippen LogP contribution in [-0.4, -0.2) is 21.2 Å². The Labute approximate surface area is 192 Å². The highest BCUT2D eigenvalue weighted by Gasteiger charge is 2.34. The number of carbonyl (C=O) groups excluding carboxylic acids is 1. The van der Waals surface area contributed by atoms with Crippen LogP contribution < -0.4 is 10.2 Å². The van der Waals surface area contributed by atoms with Gasteiger partial charge in [-0.1, -0.05) is 24.3 Å². The number of carbonyl (C=O) groups is 1. The second-order valence-electron chi connectivity index (χ2n) is 8.19. The minimum atomic E-state index is -0.504. The number of aromatic nitrogens is 1. The van der Waals surface area contributed by atoms with Gasteiger partial charge in [0, 0.05) is 40.8 Å². The molecule has 3 heterocycles. The molecular weight excluding hydrogens is 434 g/mol. The van der Waals surface area contributed by atoms with Gasteiger partial charge in [-0.3, -0.25) is 14.6 Å². The third-order valence-corrected chi connectivity index (χ3v) is 6.12. The number of hydrogen-bond donors (Lipinski definition) is 2. The number of rotatable bonds is 2. The molecule has 0 radical (unpaired) electrons. The molecule has 0 amide bonds. The van der Waals surface area contributed by atoms with Crippen molar-refractivity contribution in [2.45, 2.75) is 12.3 Å². The van der Waals surface area contributed by atoms with Crippen molar-refractivity contribution in [2.24, 2.45) is 0 Å². The van der Waals surface area contributed by atoms with Crippen LogP contribution in [0, 0.1) is 0 Å². The van der Waals surface area contributed by atoms with Crippen molar-refractivity contribution < 1.29 is 24.2 Å². The van der Waals surface area contributed by atoms with Gasteiger partial charge in [-0.05, 0) is 35.9 Å². The minimum Gasteiger partial charge on any atom is -0.508 e. The van der Waals surface area contributed by atoms with Gasteiger partial charge in [0.25, 0.3) is 0 Å². The Morgan fingerprint density at radius 3 is 2.56 bits per heavy atom. The van der Waals surface area contributed by atoms with E-state index in [0.29, 0.717) is 11.1 Å². The Morgan fingerprint density at radius 1 is 0.941 bits per heavy atom. The van der Waals surface area contributed by atoms with Gasteiger partial charge in [-0.2, -0.15) is 0 Å².